The molecule has 0 atom stereocenters. The molecule has 0 unspecified atom stereocenters. The molecule has 3 rings (SSSR count). The topological polar surface area (TPSA) is 87.1 Å². The van der Waals surface area contributed by atoms with Gasteiger partial charge in [0.25, 0.3) is 0 Å². The van der Waals surface area contributed by atoms with Crippen LogP contribution < -0.4 is 5.32 Å². The maximum Gasteiger partial charge on any atom is 0.246 e. The highest BCUT2D eigenvalue weighted by molar-refractivity contribution is 5.87. The van der Waals surface area contributed by atoms with Gasteiger partial charge in [0.05, 0.1) is 0 Å². The van der Waals surface area contributed by atoms with Crippen molar-refractivity contribution in [3.63, 3.8) is 0 Å². The Labute approximate surface area is 178 Å². The molecule has 0 spiro atoms. The van der Waals surface area contributed by atoms with Crippen LogP contribution in [-0.2, 0) is 11.2 Å². The van der Waals surface area contributed by atoms with Crippen molar-refractivity contribution in [1.29, 1.82) is 0 Å². The third-order valence-electron chi connectivity index (χ3n) is 5.10. The minimum Gasteiger partial charge on any atom is -0.339 e. The fourth-order valence-corrected chi connectivity index (χ4v) is 3.60. The van der Waals surface area contributed by atoms with E-state index < -0.39 is 0 Å². The SMILES string of the molecule is Cc1cc(C)nc(Nc2cc(CC3CCN(C(=O)/C=C/CN(C)C)CC3)ncn2)n1. The van der Waals surface area contributed by atoms with Gasteiger partial charge in [-0.1, -0.05) is 6.08 Å². The smallest absolute Gasteiger partial charge is 0.246 e. The van der Waals surface area contributed by atoms with Crippen LogP contribution >= 0.6 is 0 Å². The van der Waals surface area contributed by atoms with Crippen molar-refractivity contribution >= 4 is 17.7 Å². The van der Waals surface area contributed by atoms with E-state index in [4.69, 9.17) is 0 Å². The number of likely N-dealkylation sites (N-methyl/N-ethyl adjacent to an activating group) is 1. The van der Waals surface area contributed by atoms with Gasteiger partial charge in [-0.25, -0.2) is 19.9 Å². The number of anilines is 2. The van der Waals surface area contributed by atoms with Crippen LogP contribution in [0.3, 0.4) is 0 Å². The second-order valence-electron chi connectivity index (χ2n) is 8.13. The molecule has 0 aromatic carbocycles. The molecule has 1 amide bonds. The zero-order valence-electron chi connectivity index (χ0n) is 18.3. The minimum atomic E-state index is 0.109. The Morgan fingerprint density at radius 1 is 1.17 bits per heavy atom. The standard InChI is InChI=1S/C22H31N7O/c1-16-12-17(2)26-22(25-16)27-20-14-19(23-15-24-20)13-18-7-10-29(11-8-18)21(30)6-5-9-28(3)4/h5-6,12,14-15,18H,7-11,13H2,1-4H3,(H,23,24,25,26,27)/b6-5+. The van der Waals surface area contributed by atoms with Crippen LogP contribution in [0.5, 0.6) is 0 Å². The number of nitrogens with one attached hydrogen (secondary N) is 1. The number of likely N-dealkylation sites (tertiary alicyclic amines) is 1. The van der Waals surface area contributed by atoms with Crippen LogP contribution in [-0.4, -0.2) is 69.4 Å². The van der Waals surface area contributed by atoms with Gasteiger partial charge in [-0.05, 0) is 59.2 Å². The molecule has 0 radical (unpaired) electrons. The van der Waals surface area contributed by atoms with Gasteiger partial charge in [-0.2, -0.15) is 0 Å². The summed E-state index contributed by atoms with van der Waals surface area (Å²) in [5.74, 6) is 1.87. The number of carbonyl (C=O) groups excluding carboxylic acids is 1. The van der Waals surface area contributed by atoms with Crippen LogP contribution in [0, 0.1) is 19.8 Å². The Morgan fingerprint density at radius 3 is 2.53 bits per heavy atom. The predicted octanol–water partition coefficient (Wildman–Crippen LogP) is 2.53. The van der Waals surface area contributed by atoms with Crippen LogP contribution in [0.15, 0.2) is 30.6 Å². The normalized spacial score (nSPS) is 15.2. The first kappa shape index (κ1) is 21.8. The molecule has 1 N–H and O–H groups in total. The zero-order chi connectivity index (χ0) is 21.5. The van der Waals surface area contributed by atoms with Crippen molar-refractivity contribution < 1.29 is 4.79 Å². The van der Waals surface area contributed by atoms with Crippen molar-refractivity contribution in [3.8, 4) is 0 Å². The molecule has 1 aliphatic heterocycles. The quantitative estimate of drug-likeness (QED) is 0.703. The molecule has 8 nitrogen and oxygen atoms in total. The highest BCUT2D eigenvalue weighted by Gasteiger charge is 2.22. The number of hydrogen-bond acceptors (Lipinski definition) is 7. The Balaban J connectivity index is 1.52. The van der Waals surface area contributed by atoms with Gasteiger partial charge in [0, 0.05) is 48.9 Å². The number of aromatic nitrogens is 4. The maximum atomic E-state index is 12.3. The molecule has 1 aliphatic rings. The molecule has 160 valence electrons. The summed E-state index contributed by atoms with van der Waals surface area (Å²) in [4.78, 5) is 33.8. The molecule has 2 aromatic rings. The number of amides is 1. The lowest BCUT2D eigenvalue weighted by atomic mass is 9.92. The summed E-state index contributed by atoms with van der Waals surface area (Å²) in [6.07, 6.45) is 8.04. The third-order valence-corrected chi connectivity index (χ3v) is 5.10. The van der Waals surface area contributed by atoms with E-state index in [9.17, 15) is 4.79 Å². The number of rotatable bonds is 7. The van der Waals surface area contributed by atoms with Crippen molar-refractivity contribution in [2.75, 3.05) is 39.0 Å². The second-order valence-corrected chi connectivity index (χ2v) is 8.13. The molecule has 1 saturated heterocycles. The number of hydrogen-bond donors (Lipinski definition) is 1. The molecule has 30 heavy (non-hydrogen) atoms. The number of piperidine rings is 1. The fraction of sp³-hybridized carbons (Fsp3) is 0.500. The first-order valence-electron chi connectivity index (χ1n) is 10.4. The van der Waals surface area contributed by atoms with E-state index in [0.29, 0.717) is 17.7 Å². The van der Waals surface area contributed by atoms with E-state index in [2.05, 4.69) is 25.3 Å². The summed E-state index contributed by atoms with van der Waals surface area (Å²) in [5, 5.41) is 3.18. The van der Waals surface area contributed by atoms with Crippen LogP contribution in [0.25, 0.3) is 0 Å². The Kier molecular flexibility index (Phi) is 7.46. The summed E-state index contributed by atoms with van der Waals surface area (Å²) in [6.45, 7) is 6.26. The van der Waals surface area contributed by atoms with E-state index in [-0.39, 0.29) is 5.91 Å². The monoisotopic (exact) mass is 409 g/mol. The van der Waals surface area contributed by atoms with Gasteiger partial charge in [-0.15, -0.1) is 0 Å². The lowest BCUT2D eigenvalue weighted by Gasteiger charge is -2.31. The lowest BCUT2D eigenvalue weighted by molar-refractivity contribution is -0.127. The summed E-state index contributed by atoms with van der Waals surface area (Å²) < 4.78 is 0. The third kappa shape index (κ3) is 6.59. The highest BCUT2D eigenvalue weighted by Crippen LogP contribution is 2.22. The zero-order valence-corrected chi connectivity index (χ0v) is 18.3. The molecule has 1 fully saturated rings. The van der Waals surface area contributed by atoms with Gasteiger partial charge in [-0.3, -0.25) is 4.79 Å². The number of carbonyl (C=O) groups is 1. The van der Waals surface area contributed by atoms with Crippen LogP contribution in [0.2, 0.25) is 0 Å². The lowest BCUT2D eigenvalue weighted by Crippen LogP contribution is -2.38. The van der Waals surface area contributed by atoms with E-state index in [0.717, 1.165) is 56.0 Å². The van der Waals surface area contributed by atoms with Crippen molar-refractivity contribution in [2.24, 2.45) is 5.92 Å². The highest BCUT2D eigenvalue weighted by atomic mass is 16.2. The molecule has 2 aromatic heterocycles. The van der Waals surface area contributed by atoms with Gasteiger partial charge < -0.3 is 15.1 Å². The number of nitrogens with zero attached hydrogens (tertiary/aromatic N) is 6. The van der Waals surface area contributed by atoms with Crippen molar-refractivity contribution in [2.45, 2.75) is 33.1 Å². The number of aryl methyl sites for hydroxylation is 2. The molecular weight excluding hydrogens is 378 g/mol. The average Bonchev–Trinajstić information content (AvgIpc) is 2.67. The van der Waals surface area contributed by atoms with Gasteiger partial charge in [0.2, 0.25) is 11.9 Å². The maximum absolute atomic E-state index is 12.3. The molecule has 8 heteroatoms. The Bertz CT molecular complexity index is 869. The van der Waals surface area contributed by atoms with E-state index in [1.54, 1.807) is 12.4 Å². The van der Waals surface area contributed by atoms with E-state index in [1.807, 2.05) is 56.0 Å². The molecule has 0 bridgehead atoms. The van der Waals surface area contributed by atoms with Gasteiger partial charge >= 0.3 is 0 Å². The average molecular weight is 410 g/mol. The van der Waals surface area contributed by atoms with E-state index in [1.165, 1.54) is 0 Å². The molecule has 3 heterocycles. The predicted molar refractivity (Wildman–Crippen MR) is 118 cm³/mol. The fourth-order valence-electron chi connectivity index (χ4n) is 3.60. The minimum absolute atomic E-state index is 0.109. The van der Waals surface area contributed by atoms with Gasteiger partial charge in [0.1, 0.15) is 12.1 Å². The summed E-state index contributed by atoms with van der Waals surface area (Å²) in [5.41, 5.74) is 2.82. The summed E-state index contributed by atoms with van der Waals surface area (Å²) in [7, 11) is 3.98. The van der Waals surface area contributed by atoms with Crippen LogP contribution in [0.1, 0.15) is 29.9 Å². The first-order chi connectivity index (χ1) is 14.4. The summed E-state index contributed by atoms with van der Waals surface area (Å²) >= 11 is 0. The Morgan fingerprint density at radius 2 is 1.87 bits per heavy atom. The Hall–Kier alpha value is -2.87. The first-order valence-corrected chi connectivity index (χ1v) is 10.4. The van der Waals surface area contributed by atoms with Gasteiger partial charge in [0.15, 0.2) is 0 Å². The molecular formula is C22H31N7O. The van der Waals surface area contributed by atoms with Crippen molar-refractivity contribution in [3.05, 3.63) is 47.7 Å². The van der Waals surface area contributed by atoms with Crippen molar-refractivity contribution in [1.82, 2.24) is 29.7 Å². The molecule has 0 aliphatic carbocycles. The molecule has 0 saturated carbocycles. The van der Waals surface area contributed by atoms with Crippen LogP contribution in [0.4, 0.5) is 11.8 Å². The largest absolute Gasteiger partial charge is 0.339 e. The summed E-state index contributed by atoms with van der Waals surface area (Å²) in [6, 6.07) is 3.90. The second kappa shape index (κ2) is 10.2. The van der Waals surface area contributed by atoms with E-state index >= 15 is 0 Å².